The maximum absolute atomic E-state index is 5.47. The Kier molecular flexibility index (Phi) is 3.76. The molecule has 0 radical (unpaired) electrons. The van der Waals surface area contributed by atoms with Crippen LogP contribution in [0.1, 0.15) is 0 Å². The molecular weight excluding hydrogens is 232 g/mol. The highest BCUT2D eigenvalue weighted by atomic mass is 32.2. The average molecular weight is 242 g/mol. The van der Waals surface area contributed by atoms with Crippen molar-refractivity contribution in [1.82, 2.24) is 10.2 Å². The summed E-state index contributed by atoms with van der Waals surface area (Å²) in [6.45, 7) is 0.682. The number of thiophene rings is 1. The Morgan fingerprint density at radius 2 is 2.47 bits per heavy atom. The minimum absolute atomic E-state index is 0.588. The highest BCUT2D eigenvalue weighted by Crippen LogP contribution is 2.26. The fourth-order valence-corrected chi connectivity index (χ4v) is 2.29. The predicted octanol–water partition coefficient (Wildman–Crippen LogP) is 2.54. The summed E-state index contributed by atoms with van der Waals surface area (Å²) in [5.41, 5.74) is 0. The Hall–Kier alpha value is -0.850. The number of nitrogens with zero attached hydrogens (tertiary/aromatic N) is 2. The Balaban J connectivity index is 1.98. The molecule has 0 saturated heterocycles. The van der Waals surface area contributed by atoms with Gasteiger partial charge in [-0.2, -0.15) is 0 Å². The quantitative estimate of drug-likeness (QED) is 0.595. The maximum atomic E-state index is 5.47. The SMILES string of the molecule is COCCSc1nnc(-c2cccs2)o1. The second-order valence-electron chi connectivity index (χ2n) is 2.69. The van der Waals surface area contributed by atoms with Crippen LogP contribution in [0, 0.1) is 0 Å². The normalized spacial score (nSPS) is 10.7. The largest absolute Gasteiger partial charge is 0.410 e. The average Bonchev–Trinajstić information content (AvgIpc) is 2.87. The molecule has 0 fully saturated rings. The summed E-state index contributed by atoms with van der Waals surface area (Å²) in [7, 11) is 1.67. The van der Waals surface area contributed by atoms with Crippen molar-refractivity contribution < 1.29 is 9.15 Å². The lowest BCUT2D eigenvalue weighted by atomic mass is 10.5. The molecule has 15 heavy (non-hydrogen) atoms. The van der Waals surface area contributed by atoms with Gasteiger partial charge in [0.1, 0.15) is 0 Å². The van der Waals surface area contributed by atoms with E-state index in [0.717, 1.165) is 10.6 Å². The van der Waals surface area contributed by atoms with Gasteiger partial charge < -0.3 is 9.15 Å². The second kappa shape index (κ2) is 5.29. The van der Waals surface area contributed by atoms with Gasteiger partial charge in [0.25, 0.3) is 11.1 Å². The van der Waals surface area contributed by atoms with Crippen LogP contribution in [0.3, 0.4) is 0 Å². The Morgan fingerprint density at radius 3 is 3.20 bits per heavy atom. The fraction of sp³-hybridized carbons (Fsp3) is 0.333. The van der Waals surface area contributed by atoms with Gasteiger partial charge in [-0.3, -0.25) is 0 Å². The van der Waals surface area contributed by atoms with E-state index in [9.17, 15) is 0 Å². The fourth-order valence-electron chi connectivity index (χ4n) is 0.980. The third-order valence-corrected chi connectivity index (χ3v) is 3.29. The summed E-state index contributed by atoms with van der Waals surface area (Å²) < 4.78 is 10.4. The molecule has 2 rings (SSSR count). The first-order chi connectivity index (χ1) is 7.40. The van der Waals surface area contributed by atoms with Gasteiger partial charge in [0, 0.05) is 12.9 Å². The minimum atomic E-state index is 0.588. The summed E-state index contributed by atoms with van der Waals surface area (Å²) >= 11 is 3.09. The number of methoxy groups -OCH3 is 1. The maximum Gasteiger partial charge on any atom is 0.276 e. The monoisotopic (exact) mass is 242 g/mol. The van der Waals surface area contributed by atoms with Crippen molar-refractivity contribution in [1.29, 1.82) is 0 Å². The molecule has 80 valence electrons. The molecule has 0 N–H and O–H groups in total. The molecule has 0 aliphatic rings. The van der Waals surface area contributed by atoms with E-state index in [1.807, 2.05) is 17.5 Å². The first-order valence-corrected chi connectivity index (χ1v) is 6.26. The molecule has 0 aliphatic heterocycles. The van der Waals surface area contributed by atoms with Crippen LogP contribution in [-0.2, 0) is 4.74 Å². The lowest BCUT2D eigenvalue weighted by Crippen LogP contribution is -1.90. The van der Waals surface area contributed by atoms with Gasteiger partial charge in [0.2, 0.25) is 0 Å². The lowest BCUT2D eigenvalue weighted by molar-refractivity contribution is 0.218. The third kappa shape index (κ3) is 2.80. The number of ether oxygens (including phenoxy) is 1. The van der Waals surface area contributed by atoms with Crippen LogP contribution in [0.4, 0.5) is 0 Å². The predicted molar refractivity (Wildman–Crippen MR) is 60.2 cm³/mol. The Morgan fingerprint density at radius 1 is 1.53 bits per heavy atom. The van der Waals surface area contributed by atoms with E-state index < -0.39 is 0 Å². The van der Waals surface area contributed by atoms with Gasteiger partial charge in [-0.1, -0.05) is 17.8 Å². The van der Waals surface area contributed by atoms with Crippen molar-refractivity contribution >= 4 is 23.1 Å². The van der Waals surface area contributed by atoms with Crippen LogP contribution in [-0.4, -0.2) is 29.7 Å². The smallest absolute Gasteiger partial charge is 0.276 e. The van der Waals surface area contributed by atoms with Crippen molar-refractivity contribution in [2.45, 2.75) is 5.22 Å². The Bertz CT molecular complexity index is 400. The molecule has 0 unspecified atom stereocenters. The molecule has 0 aromatic carbocycles. The molecule has 0 amide bonds. The van der Waals surface area contributed by atoms with E-state index in [1.54, 1.807) is 18.4 Å². The van der Waals surface area contributed by atoms with E-state index in [2.05, 4.69) is 10.2 Å². The molecular formula is C9H10N2O2S2. The molecule has 0 aliphatic carbocycles. The van der Waals surface area contributed by atoms with Crippen LogP contribution in [0.2, 0.25) is 0 Å². The van der Waals surface area contributed by atoms with Gasteiger partial charge >= 0.3 is 0 Å². The molecule has 2 aromatic rings. The van der Waals surface area contributed by atoms with Crippen molar-refractivity contribution in [3.05, 3.63) is 17.5 Å². The number of rotatable bonds is 5. The lowest BCUT2D eigenvalue weighted by Gasteiger charge is -1.93. The summed E-state index contributed by atoms with van der Waals surface area (Å²) in [4.78, 5) is 1.00. The number of hydrogen-bond donors (Lipinski definition) is 0. The summed E-state index contributed by atoms with van der Waals surface area (Å²) in [6, 6.07) is 3.92. The third-order valence-electron chi connectivity index (χ3n) is 1.65. The van der Waals surface area contributed by atoms with Gasteiger partial charge in [-0.15, -0.1) is 21.5 Å². The van der Waals surface area contributed by atoms with Crippen LogP contribution >= 0.6 is 23.1 Å². The van der Waals surface area contributed by atoms with Crippen LogP contribution in [0.15, 0.2) is 27.2 Å². The summed E-state index contributed by atoms with van der Waals surface area (Å²) in [5.74, 6) is 1.41. The van der Waals surface area contributed by atoms with Gasteiger partial charge in [0.15, 0.2) is 0 Å². The Labute approximate surface area is 95.7 Å². The molecule has 0 saturated carbocycles. The molecule has 2 aromatic heterocycles. The molecule has 0 bridgehead atoms. The first-order valence-electron chi connectivity index (χ1n) is 4.39. The van der Waals surface area contributed by atoms with E-state index in [0.29, 0.717) is 17.7 Å². The standard InChI is InChI=1S/C9H10N2O2S2/c1-12-4-6-15-9-11-10-8(13-9)7-3-2-5-14-7/h2-3,5H,4,6H2,1H3. The number of hydrogen-bond acceptors (Lipinski definition) is 6. The van der Waals surface area contributed by atoms with Gasteiger partial charge in [-0.05, 0) is 11.4 Å². The molecule has 4 nitrogen and oxygen atoms in total. The molecule has 2 heterocycles. The summed E-state index contributed by atoms with van der Waals surface area (Å²) in [6.07, 6.45) is 0. The molecule has 0 atom stereocenters. The topological polar surface area (TPSA) is 48.2 Å². The van der Waals surface area contributed by atoms with Crippen LogP contribution in [0.5, 0.6) is 0 Å². The van der Waals surface area contributed by atoms with Crippen molar-refractivity contribution in [3.63, 3.8) is 0 Å². The second-order valence-corrected chi connectivity index (χ2v) is 4.69. The van der Waals surface area contributed by atoms with Crippen LogP contribution < -0.4 is 0 Å². The minimum Gasteiger partial charge on any atom is -0.410 e. The van der Waals surface area contributed by atoms with E-state index in [1.165, 1.54) is 11.8 Å². The molecule has 0 spiro atoms. The van der Waals surface area contributed by atoms with Crippen LogP contribution in [0.25, 0.3) is 10.8 Å². The molecule has 6 heteroatoms. The zero-order valence-electron chi connectivity index (χ0n) is 8.17. The van der Waals surface area contributed by atoms with Gasteiger partial charge in [-0.25, -0.2) is 0 Å². The highest BCUT2D eigenvalue weighted by Gasteiger charge is 2.08. The number of aromatic nitrogens is 2. The van der Waals surface area contributed by atoms with E-state index in [4.69, 9.17) is 9.15 Å². The van der Waals surface area contributed by atoms with Crippen molar-refractivity contribution in [3.8, 4) is 10.8 Å². The van der Waals surface area contributed by atoms with E-state index in [-0.39, 0.29) is 0 Å². The van der Waals surface area contributed by atoms with Crippen molar-refractivity contribution in [2.75, 3.05) is 19.5 Å². The zero-order chi connectivity index (χ0) is 10.5. The summed E-state index contributed by atoms with van der Waals surface area (Å²) in [5, 5.41) is 10.5. The van der Waals surface area contributed by atoms with Gasteiger partial charge in [0.05, 0.1) is 11.5 Å². The first kappa shape index (κ1) is 10.7. The zero-order valence-corrected chi connectivity index (χ0v) is 9.81. The van der Waals surface area contributed by atoms with Crippen molar-refractivity contribution in [2.24, 2.45) is 0 Å². The highest BCUT2D eigenvalue weighted by molar-refractivity contribution is 7.99. The number of thioether (sulfide) groups is 1. The van der Waals surface area contributed by atoms with E-state index >= 15 is 0 Å².